The molecule has 5 nitrogen and oxygen atoms in total. The summed E-state index contributed by atoms with van der Waals surface area (Å²) in [5.74, 6) is 0.233. The van der Waals surface area contributed by atoms with Gasteiger partial charge in [-0.2, -0.15) is 11.8 Å². The molecule has 1 heterocycles. The van der Waals surface area contributed by atoms with E-state index in [1.165, 1.54) is 12.8 Å². The minimum atomic E-state index is -1.04. The van der Waals surface area contributed by atoms with Crippen molar-refractivity contribution < 1.29 is 14.7 Å². The van der Waals surface area contributed by atoms with Crippen molar-refractivity contribution in [3.05, 3.63) is 0 Å². The highest BCUT2D eigenvalue weighted by Crippen LogP contribution is 2.30. The number of carboxylic acids is 1. The summed E-state index contributed by atoms with van der Waals surface area (Å²) in [7, 11) is 0. The second-order valence-electron chi connectivity index (χ2n) is 6.38. The first-order valence-corrected chi connectivity index (χ1v) is 8.13. The number of amides is 2. The summed E-state index contributed by atoms with van der Waals surface area (Å²) in [5.41, 5.74) is -1.87. The molecule has 1 fully saturated rings. The number of carbonyl (C=O) groups is 2. The zero-order valence-electron chi connectivity index (χ0n) is 12.8. The Hall–Kier alpha value is -0.910. The SMILES string of the molecule is CC(C)(NC(=O)NCC1CCCCS1)C(C)(C)C(=O)O. The summed E-state index contributed by atoms with van der Waals surface area (Å²) in [6.07, 6.45) is 3.61. The first-order valence-electron chi connectivity index (χ1n) is 7.08. The Bertz CT molecular complexity index is 363. The summed E-state index contributed by atoms with van der Waals surface area (Å²) < 4.78 is 0. The lowest BCUT2D eigenvalue weighted by Gasteiger charge is -2.38. The largest absolute Gasteiger partial charge is 0.481 e. The van der Waals surface area contributed by atoms with Gasteiger partial charge in [0.1, 0.15) is 0 Å². The van der Waals surface area contributed by atoms with Crippen LogP contribution in [0.4, 0.5) is 4.79 Å². The van der Waals surface area contributed by atoms with Gasteiger partial charge in [0.05, 0.1) is 11.0 Å². The van der Waals surface area contributed by atoms with Crippen molar-refractivity contribution in [3.63, 3.8) is 0 Å². The fourth-order valence-electron chi connectivity index (χ4n) is 1.93. The third-order valence-electron chi connectivity index (χ3n) is 4.29. The first-order chi connectivity index (χ1) is 9.17. The van der Waals surface area contributed by atoms with Crippen LogP contribution in [-0.4, -0.2) is 40.2 Å². The average molecular weight is 302 g/mol. The molecule has 1 unspecified atom stereocenters. The van der Waals surface area contributed by atoms with Crippen LogP contribution in [0.25, 0.3) is 0 Å². The third-order valence-corrected chi connectivity index (χ3v) is 5.69. The number of rotatable bonds is 5. The third kappa shape index (κ3) is 4.30. The summed E-state index contributed by atoms with van der Waals surface area (Å²) >= 11 is 1.90. The van der Waals surface area contributed by atoms with Crippen LogP contribution >= 0.6 is 11.8 Å². The quantitative estimate of drug-likeness (QED) is 0.729. The van der Waals surface area contributed by atoms with Crippen LogP contribution < -0.4 is 10.6 Å². The molecule has 1 aliphatic heterocycles. The molecule has 0 bridgehead atoms. The zero-order valence-corrected chi connectivity index (χ0v) is 13.6. The zero-order chi connectivity index (χ0) is 15.4. The van der Waals surface area contributed by atoms with Gasteiger partial charge in [0, 0.05) is 11.8 Å². The molecular formula is C14H26N2O3S. The van der Waals surface area contributed by atoms with Gasteiger partial charge in [-0.05, 0) is 46.3 Å². The monoisotopic (exact) mass is 302 g/mol. The molecule has 1 aliphatic rings. The second kappa shape index (κ2) is 6.70. The number of aliphatic carboxylic acids is 1. The van der Waals surface area contributed by atoms with Crippen molar-refractivity contribution in [2.24, 2.45) is 5.41 Å². The van der Waals surface area contributed by atoms with E-state index < -0.39 is 16.9 Å². The number of thioether (sulfide) groups is 1. The fraction of sp³-hybridized carbons (Fsp3) is 0.857. The van der Waals surface area contributed by atoms with Gasteiger partial charge in [-0.3, -0.25) is 4.79 Å². The number of hydrogen-bond donors (Lipinski definition) is 3. The van der Waals surface area contributed by atoms with Crippen LogP contribution in [-0.2, 0) is 4.79 Å². The van der Waals surface area contributed by atoms with Gasteiger partial charge in [0.25, 0.3) is 0 Å². The minimum Gasteiger partial charge on any atom is -0.481 e. The number of urea groups is 1. The predicted octanol–water partition coefficient (Wildman–Crippen LogP) is 2.46. The van der Waals surface area contributed by atoms with Crippen LogP contribution in [0.15, 0.2) is 0 Å². The maximum atomic E-state index is 11.9. The molecule has 20 heavy (non-hydrogen) atoms. The van der Waals surface area contributed by atoms with E-state index in [-0.39, 0.29) is 6.03 Å². The summed E-state index contributed by atoms with van der Waals surface area (Å²) in [4.78, 5) is 23.2. The standard InChI is InChI=1S/C14H26N2O3S/c1-13(2,11(17)18)14(3,4)16-12(19)15-9-10-7-5-6-8-20-10/h10H,5-9H2,1-4H3,(H,17,18)(H2,15,16,19). The van der Waals surface area contributed by atoms with E-state index in [1.807, 2.05) is 11.8 Å². The highest BCUT2D eigenvalue weighted by atomic mass is 32.2. The maximum absolute atomic E-state index is 11.9. The Morgan fingerprint density at radius 1 is 1.25 bits per heavy atom. The van der Waals surface area contributed by atoms with E-state index in [9.17, 15) is 14.7 Å². The van der Waals surface area contributed by atoms with Gasteiger partial charge in [-0.15, -0.1) is 0 Å². The minimum absolute atomic E-state index is 0.296. The van der Waals surface area contributed by atoms with Crippen LogP contribution in [0.1, 0.15) is 47.0 Å². The highest BCUT2D eigenvalue weighted by molar-refractivity contribution is 7.99. The highest BCUT2D eigenvalue weighted by Gasteiger charge is 2.44. The van der Waals surface area contributed by atoms with Crippen molar-refractivity contribution in [1.82, 2.24) is 10.6 Å². The molecular weight excluding hydrogens is 276 g/mol. The Balaban J connectivity index is 2.46. The molecule has 0 aromatic rings. The lowest BCUT2D eigenvalue weighted by Crippen LogP contribution is -2.59. The molecule has 6 heteroatoms. The second-order valence-corrected chi connectivity index (χ2v) is 7.79. The molecule has 1 saturated heterocycles. The van der Waals surface area contributed by atoms with Crippen LogP contribution in [0.3, 0.4) is 0 Å². The molecule has 0 saturated carbocycles. The van der Waals surface area contributed by atoms with Crippen LogP contribution in [0.5, 0.6) is 0 Å². The van der Waals surface area contributed by atoms with Crippen molar-refractivity contribution in [1.29, 1.82) is 0 Å². The molecule has 116 valence electrons. The maximum Gasteiger partial charge on any atom is 0.315 e. The van der Waals surface area contributed by atoms with Gasteiger partial charge >= 0.3 is 12.0 Å². The molecule has 0 radical (unpaired) electrons. The molecule has 1 atom stereocenters. The van der Waals surface area contributed by atoms with Crippen LogP contribution in [0.2, 0.25) is 0 Å². The Morgan fingerprint density at radius 3 is 2.40 bits per heavy atom. The van der Waals surface area contributed by atoms with Gasteiger partial charge in [0.15, 0.2) is 0 Å². The summed E-state index contributed by atoms with van der Waals surface area (Å²) in [5, 5.41) is 15.4. The Labute approximate surface area is 125 Å². The predicted molar refractivity (Wildman–Crippen MR) is 82.1 cm³/mol. The number of nitrogens with one attached hydrogen (secondary N) is 2. The lowest BCUT2D eigenvalue weighted by atomic mass is 9.74. The van der Waals surface area contributed by atoms with E-state index in [1.54, 1.807) is 27.7 Å². The molecule has 3 N–H and O–H groups in total. The molecule has 0 aromatic heterocycles. The molecule has 0 aromatic carbocycles. The summed E-state index contributed by atoms with van der Waals surface area (Å²) in [6, 6.07) is -0.296. The topological polar surface area (TPSA) is 78.4 Å². The van der Waals surface area contributed by atoms with Crippen molar-refractivity contribution >= 4 is 23.8 Å². The van der Waals surface area contributed by atoms with Gasteiger partial charge < -0.3 is 15.7 Å². The molecule has 1 rings (SSSR count). The van der Waals surface area contributed by atoms with Crippen molar-refractivity contribution in [3.8, 4) is 0 Å². The lowest BCUT2D eigenvalue weighted by molar-refractivity contribution is -0.150. The van der Waals surface area contributed by atoms with Crippen molar-refractivity contribution in [2.75, 3.05) is 12.3 Å². The van der Waals surface area contributed by atoms with E-state index in [0.29, 0.717) is 11.8 Å². The number of carbonyl (C=O) groups excluding carboxylic acids is 1. The number of carboxylic acid groups (broad SMARTS) is 1. The van der Waals surface area contributed by atoms with E-state index in [0.717, 1.165) is 12.2 Å². The normalized spacial score (nSPS) is 20.3. The van der Waals surface area contributed by atoms with E-state index in [2.05, 4.69) is 10.6 Å². The average Bonchev–Trinajstić information content (AvgIpc) is 2.36. The van der Waals surface area contributed by atoms with E-state index >= 15 is 0 Å². The molecule has 2 amide bonds. The van der Waals surface area contributed by atoms with Crippen molar-refractivity contribution in [2.45, 2.75) is 57.7 Å². The van der Waals surface area contributed by atoms with Crippen LogP contribution in [0, 0.1) is 5.41 Å². The first kappa shape index (κ1) is 17.1. The molecule has 0 aliphatic carbocycles. The van der Waals surface area contributed by atoms with Gasteiger partial charge in [-0.25, -0.2) is 4.79 Å². The number of hydrogen-bond acceptors (Lipinski definition) is 3. The van der Waals surface area contributed by atoms with Gasteiger partial charge in [-0.1, -0.05) is 6.42 Å². The fourth-order valence-corrected chi connectivity index (χ4v) is 3.17. The Morgan fingerprint density at radius 2 is 1.90 bits per heavy atom. The summed E-state index contributed by atoms with van der Waals surface area (Å²) in [6.45, 7) is 7.34. The smallest absolute Gasteiger partial charge is 0.315 e. The Kier molecular flexibility index (Phi) is 5.74. The van der Waals surface area contributed by atoms with Gasteiger partial charge in [0.2, 0.25) is 0 Å². The molecule has 0 spiro atoms. The van der Waals surface area contributed by atoms with E-state index in [4.69, 9.17) is 0 Å².